The summed E-state index contributed by atoms with van der Waals surface area (Å²) in [4.78, 5) is 11.5. The number of allylic oxidation sites excluding steroid dienone is 3. The predicted octanol–water partition coefficient (Wildman–Crippen LogP) is 1.03. The maximum Gasteiger partial charge on any atom is 0.186 e. The summed E-state index contributed by atoms with van der Waals surface area (Å²) in [6.45, 7) is 0. The second kappa shape index (κ2) is 2.55. The molecule has 0 saturated carbocycles. The summed E-state index contributed by atoms with van der Waals surface area (Å²) < 4.78 is 0. The van der Waals surface area contributed by atoms with Crippen molar-refractivity contribution in [1.82, 2.24) is 0 Å². The Labute approximate surface area is 81.4 Å². The molecule has 0 atom stereocenters. The molecule has 3 rings (SSSR count). The molecule has 0 radical (unpaired) electrons. The van der Waals surface area contributed by atoms with E-state index in [2.05, 4.69) is 12.2 Å². The van der Waals surface area contributed by atoms with Crippen molar-refractivity contribution < 1.29 is 4.79 Å². The summed E-state index contributed by atoms with van der Waals surface area (Å²) in [6, 6.07) is 3.90. The Morgan fingerprint density at radius 2 is 1.64 bits per heavy atom. The first-order valence-corrected chi connectivity index (χ1v) is 4.60. The van der Waals surface area contributed by atoms with Gasteiger partial charge in [-0.3, -0.25) is 4.79 Å². The number of benzene rings is 1. The Morgan fingerprint density at radius 1 is 0.857 bits per heavy atom. The zero-order valence-electron chi connectivity index (χ0n) is 7.53. The second-order valence-corrected chi connectivity index (χ2v) is 3.45. The fraction of sp³-hybridized carbons (Fsp3) is 0. The molecule has 0 aliphatic heterocycles. The molecule has 0 heterocycles. The van der Waals surface area contributed by atoms with Gasteiger partial charge in [0, 0.05) is 5.56 Å². The SMILES string of the molecule is O=C1C=CC=c2c1ccc1c2=CC=C1. The summed E-state index contributed by atoms with van der Waals surface area (Å²) in [6.07, 6.45) is 11.6. The van der Waals surface area contributed by atoms with Crippen molar-refractivity contribution in [2.45, 2.75) is 0 Å². The van der Waals surface area contributed by atoms with Crippen molar-refractivity contribution in [2.75, 3.05) is 0 Å². The lowest BCUT2D eigenvalue weighted by Crippen LogP contribution is -2.32. The fourth-order valence-electron chi connectivity index (χ4n) is 1.95. The first-order valence-electron chi connectivity index (χ1n) is 4.60. The van der Waals surface area contributed by atoms with Crippen LogP contribution in [-0.2, 0) is 0 Å². The molecule has 1 nitrogen and oxygen atoms in total. The van der Waals surface area contributed by atoms with E-state index < -0.39 is 0 Å². The van der Waals surface area contributed by atoms with Gasteiger partial charge in [0.1, 0.15) is 0 Å². The third-order valence-corrected chi connectivity index (χ3v) is 2.64. The standard InChI is InChI=1S/C13H8O/c14-13-6-2-5-11-10-4-1-3-9(10)7-8-12(11)13/h1-8H. The van der Waals surface area contributed by atoms with Crippen molar-refractivity contribution in [1.29, 1.82) is 0 Å². The molecule has 0 saturated heterocycles. The molecule has 0 spiro atoms. The molecule has 1 aromatic rings. The molecular formula is C13H8O. The highest BCUT2D eigenvalue weighted by Gasteiger charge is 2.09. The molecular weight excluding hydrogens is 172 g/mol. The molecule has 0 aromatic heterocycles. The Kier molecular flexibility index (Phi) is 1.37. The molecule has 0 N–H and O–H groups in total. The van der Waals surface area contributed by atoms with Gasteiger partial charge in [-0.15, -0.1) is 0 Å². The highest BCUT2D eigenvalue weighted by molar-refractivity contribution is 6.07. The smallest absolute Gasteiger partial charge is 0.186 e. The third-order valence-electron chi connectivity index (χ3n) is 2.64. The lowest BCUT2D eigenvalue weighted by molar-refractivity contribution is 0.104. The number of rotatable bonds is 0. The maximum absolute atomic E-state index is 11.5. The molecule has 0 amide bonds. The molecule has 1 heteroatoms. The van der Waals surface area contributed by atoms with E-state index >= 15 is 0 Å². The van der Waals surface area contributed by atoms with Gasteiger partial charge in [0.25, 0.3) is 0 Å². The van der Waals surface area contributed by atoms with Crippen molar-refractivity contribution in [3.05, 3.63) is 51.9 Å². The van der Waals surface area contributed by atoms with Crippen molar-refractivity contribution in [3.8, 4) is 0 Å². The van der Waals surface area contributed by atoms with E-state index in [0.29, 0.717) is 0 Å². The summed E-state index contributed by atoms with van der Waals surface area (Å²) in [5.74, 6) is 0.102. The first kappa shape index (κ1) is 7.51. The van der Waals surface area contributed by atoms with Gasteiger partial charge in [0.05, 0.1) is 0 Å². The number of hydrogen-bond acceptors (Lipinski definition) is 1. The molecule has 0 bridgehead atoms. The minimum absolute atomic E-state index is 0.102. The third kappa shape index (κ3) is 0.867. The van der Waals surface area contributed by atoms with Crippen LogP contribution in [0.2, 0.25) is 0 Å². The summed E-state index contributed by atoms with van der Waals surface area (Å²) in [5.41, 5.74) is 2.01. The molecule has 14 heavy (non-hydrogen) atoms. The lowest BCUT2D eigenvalue weighted by Gasteiger charge is -2.03. The van der Waals surface area contributed by atoms with Crippen molar-refractivity contribution >= 4 is 24.0 Å². The van der Waals surface area contributed by atoms with Crippen LogP contribution >= 0.6 is 0 Å². The van der Waals surface area contributed by atoms with Crippen LogP contribution in [0.4, 0.5) is 0 Å². The maximum atomic E-state index is 11.5. The van der Waals surface area contributed by atoms with E-state index in [1.54, 1.807) is 6.08 Å². The monoisotopic (exact) mass is 180 g/mol. The van der Waals surface area contributed by atoms with E-state index in [-0.39, 0.29) is 5.78 Å². The Bertz CT molecular complexity index is 601. The van der Waals surface area contributed by atoms with E-state index in [4.69, 9.17) is 0 Å². The zero-order chi connectivity index (χ0) is 9.54. The molecule has 2 aliphatic carbocycles. The number of carbonyl (C=O) groups is 1. The molecule has 66 valence electrons. The van der Waals surface area contributed by atoms with E-state index in [1.165, 1.54) is 10.8 Å². The van der Waals surface area contributed by atoms with E-state index in [1.807, 2.05) is 30.4 Å². The van der Waals surface area contributed by atoms with Crippen molar-refractivity contribution in [2.24, 2.45) is 0 Å². The van der Waals surface area contributed by atoms with Gasteiger partial charge in [-0.25, -0.2) is 0 Å². The van der Waals surface area contributed by atoms with Crippen LogP contribution in [0.1, 0.15) is 15.9 Å². The molecule has 0 fully saturated rings. The molecule has 1 aromatic carbocycles. The minimum atomic E-state index is 0.102. The van der Waals surface area contributed by atoms with Gasteiger partial charge in [0.2, 0.25) is 0 Å². The summed E-state index contributed by atoms with van der Waals surface area (Å²) in [7, 11) is 0. The average molecular weight is 180 g/mol. The van der Waals surface area contributed by atoms with Crippen LogP contribution in [0, 0.1) is 0 Å². The first-order chi connectivity index (χ1) is 6.86. The van der Waals surface area contributed by atoms with Crippen molar-refractivity contribution in [3.63, 3.8) is 0 Å². The number of fused-ring (bicyclic) bond motifs is 3. The average Bonchev–Trinajstić information content (AvgIpc) is 2.66. The molecule has 0 unspecified atom stereocenters. The fourth-order valence-corrected chi connectivity index (χ4v) is 1.95. The number of carbonyl (C=O) groups excluding carboxylic acids is 1. The van der Waals surface area contributed by atoms with Gasteiger partial charge in [-0.1, -0.05) is 36.4 Å². The summed E-state index contributed by atoms with van der Waals surface area (Å²) in [5, 5.41) is 2.22. The summed E-state index contributed by atoms with van der Waals surface area (Å²) >= 11 is 0. The Hall–Kier alpha value is -1.89. The number of hydrogen-bond donors (Lipinski definition) is 0. The van der Waals surface area contributed by atoms with Gasteiger partial charge >= 0.3 is 0 Å². The van der Waals surface area contributed by atoms with E-state index in [9.17, 15) is 4.79 Å². The van der Waals surface area contributed by atoms with Crippen LogP contribution in [0.3, 0.4) is 0 Å². The topological polar surface area (TPSA) is 17.1 Å². The highest BCUT2D eigenvalue weighted by atomic mass is 16.1. The van der Waals surface area contributed by atoms with Crippen LogP contribution < -0.4 is 10.4 Å². The van der Waals surface area contributed by atoms with Crippen LogP contribution in [0.15, 0.2) is 30.4 Å². The van der Waals surface area contributed by atoms with Gasteiger partial charge < -0.3 is 0 Å². The quantitative estimate of drug-likeness (QED) is 0.582. The van der Waals surface area contributed by atoms with Crippen LogP contribution in [0.5, 0.6) is 0 Å². The van der Waals surface area contributed by atoms with Gasteiger partial charge in [-0.05, 0) is 28.1 Å². The van der Waals surface area contributed by atoms with Gasteiger partial charge in [0.15, 0.2) is 5.78 Å². The highest BCUT2D eigenvalue weighted by Crippen LogP contribution is 2.05. The predicted molar refractivity (Wildman–Crippen MR) is 57.1 cm³/mol. The second-order valence-electron chi connectivity index (χ2n) is 3.45. The minimum Gasteiger partial charge on any atom is -0.289 e. The normalized spacial score (nSPS) is 15.9. The Morgan fingerprint density at radius 3 is 2.57 bits per heavy atom. The number of ketones is 1. The lowest BCUT2D eigenvalue weighted by atomic mass is 9.99. The van der Waals surface area contributed by atoms with Gasteiger partial charge in [-0.2, -0.15) is 0 Å². The largest absolute Gasteiger partial charge is 0.289 e. The van der Waals surface area contributed by atoms with Crippen LogP contribution in [0.25, 0.3) is 18.2 Å². The molecule has 2 aliphatic rings. The zero-order valence-corrected chi connectivity index (χ0v) is 7.53. The van der Waals surface area contributed by atoms with Crippen LogP contribution in [-0.4, -0.2) is 5.78 Å². The van der Waals surface area contributed by atoms with E-state index in [0.717, 1.165) is 10.8 Å². The Balaban J connectivity index is 2.53.